The first kappa shape index (κ1) is 17.2. The minimum absolute atomic E-state index is 0.845. The van der Waals surface area contributed by atoms with Gasteiger partial charge in [0.05, 0.1) is 7.11 Å². The summed E-state index contributed by atoms with van der Waals surface area (Å²) in [6.07, 6.45) is 6.02. The maximum atomic E-state index is 9.33. The second kappa shape index (κ2) is 7.26. The molecular weight excluding hydrogens is 292 g/mol. The van der Waals surface area contributed by atoms with Crippen LogP contribution in [0.3, 0.4) is 0 Å². The van der Waals surface area contributed by atoms with Crippen LogP contribution in [-0.4, -0.2) is 26.6 Å². The Morgan fingerprint density at radius 1 is 1.29 bits per heavy atom. The van der Waals surface area contributed by atoms with Gasteiger partial charge >= 0.3 is 10.4 Å². The summed E-state index contributed by atoms with van der Waals surface area (Å²) in [6, 6.07) is 6.36. The van der Waals surface area contributed by atoms with Gasteiger partial charge in [0, 0.05) is 24.1 Å². The second-order valence-corrected chi connectivity index (χ2v) is 5.70. The van der Waals surface area contributed by atoms with Gasteiger partial charge in [-0.2, -0.15) is 8.42 Å². The minimum atomic E-state index is -4.16. The minimum Gasteiger partial charge on any atom is -0.399 e. The summed E-state index contributed by atoms with van der Waals surface area (Å²) in [5.74, 6) is 0. The summed E-state index contributed by atoms with van der Waals surface area (Å²) in [5, 5.41) is 0. The van der Waals surface area contributed by atoms with Gasteiger partial charge in [-0.15, -0.1) is 0 Å². The van der Waals surface area contributed by atoms with E-state index in [-0.39, 0.29) is 0 Å². The third-order valence-electron chi connectivity index (χ3n) is 2.91. The van der Waals surface area contributed by atoms with Crippen LogP contribution in [-0.2, 0) is 14.6 Å². The van der Waals surface area contributed by atoms with Crippen LogP contribution in [0.5, 0.6) is 0 Å². The molecule has 3 N–H and O–H groups in total. The van der Waals surface area contributed by atoms with E-state index < -0.39 is 10.4 Å². The topological polar surface area (TPSA) is 92.9 Å². The Bertz CT molecular complexity index is 631. The highest BCUT2D eigenvalue weighted by Gasteiger charge is 2.10. The zero-order chi connectivity index (χ0) is 16.0. The van der Waals surface area contributed by atoms with Crippen molar-refractivity contribution in [3.05, 3.63) is 53.4 Å². The predicted molar refractivity (Wildman–Crippen MR) is 83.2 cm³/mol. The third-order valence-corrected chi connectivity index (χ3v) is 3.33. The zero-order valence-electron chi connectivity index (χ0n) is 12.3. The molecule has 6 nitrogen and oxygen atoms in total. The summed E-state index contributed by atoms with van der Waals surface area (Å²) in [6.45, 7) is 5.13. The number of hydrogen-bond acceptors (Lipinski definition) is 5. The number of anilines is 1. The SMILES string of the molecule is COS(=O)(=O)O.Cc1cccc(C)c1N1C=CC(N)=CC1. The van der Waals surface area contributed by atoms with Gasteiger partial charge in [0.25, 0.3) is 0 Å². The Balaban J connectivity index is 0.000000315. The van der Waals surface area contributed by atoms with Crippen LogP contribution in [0.4, 0.5) is 5.69 Å². The lowest BCUT2D eigenvalue weighted by Crippen LogP contribution is -2.22. The molecule has 7 heteroatoms. The van der Waals surface area contributed by atoms with Crippen molar-refractivity contribution in [2.45, 2.75) is 13.8 Å². The predicted octanol–water partition coefficient (Wildman–Crippen LogP) is 1.92. The molecule has 0 spiro atoms. The highest BCUT2D eigenvalue weighted by molar-refractivity contribution is 7.80. The van der Waals surface area contributed by atoms with Crippen molar-refractivity contribution in [2.24, 2.45) is 5.73 Å². The molecule has 116 valence electrons. The smallest absolute Gasteiger partial charge is 0.397 e. The van der Waals surface area contributed by atoms with Crippen molar-refractivity contribution in [2.75, 3.05) is 18.6 Å². The Labute approximate surface area is 125 Å². The summed E-state index contributed by atoms with van der Waals surface area (Å²) in [5.41, 5.74) is 10.4. The summed E-state index contributed by atoms with van der Waals surface area (Å²) in [7, 11) is -3.29. The largest absolute Gasteiger partial charge is 0.399 e. The Kier molecular flexibility index (Phi) is 5.95. The maximum Gasteiger partial charge on any atom is 0.397 e. The van der Waals surface area contributed by atoms with Crippen molar-refractivity contribution >= 4 is 16.1 Å². The van der Waals surface area contributed by atoms with E-state index in [4.69, 9.17) is 10.3 Å². The van der Waals surface area contributed by atoms with E-state index in [1.165, 1.54) is 16.8 Å². The van der Waals surface area contributed by atoms with Crippen molar-refractivity contribution in [1.29, 1.82) is 0 Å². The fourth-order valence-electron chi connectivity index (χ4n) is 1.93. The van der Waals surface area contributed by atoms with Gasteiger partial charge in [-0.05, 0) is 37.1 Å². The lowest BCUT2D eigenvalue weighted by atomic mass is 10.1. The van der Waals surface area contributed by atoms with E-state index in [1.54, 1.807) is 0 Å². The highest BCUT2D eigenvalue weighted by atomic mass is 32.3. The monoisotopic (exact) mass is 312 g/mol. The van der Waals surface area contributed by atoms with Gasteiger partial charge in [-0.1, -0.05) is 18.2 Å². The molecular formula is C14H20N2O4S. The average molecular weight is 312 g/mol. The van der Waals surface area contributed by atoms with Gasteiger partial charge in [-0.3, -0.25) is 8.74 Å². The summed E-state index contributed by atoms with van der Waals surface area (Å²) >= 11 is 0. The molecule has 0 unspecified atom stereocenters. The normalized spacial score (nSPS) is 14.3. The molecule has 0 saturated heterocycles. The number of aryl methyl sites for hydroxylation is 2. The number of nitrogens with zero attached hydrogens (tertiary/aromatic N) is 1. The Morgan fingerprint density at radius 3 is 2.19 bits per heavy atom. The molecule has 0 saturated carbocycles. The van der Waals surface area contributed by atoms with E-state index >= 15 is 0 Å². The fourth-order valence-corrected chi connectivity index (χ4v) is 1.93. The van der Waals surface area contributed by atoms with Crippen LogP contribution in [0.2, 0.25) is 0 Å². The molecule has 21 heavy (non-hydrogen) atoms. The number of nitrogens with two attached hydrogens (primary N) is 1. The molecule has 2 rings (SSSR count). The molecule has 0 bridgehead atoms. The maximum absolute atomic E-state index is 9.33. The van der Waals surface area contributed by atoms with Gasteiger partial charge < -0.3 is 10.6 Å². The first-order chi connectivity index (χ1) is 9.74. The standard InChI is InChI=1S/C13H16N2.CH4O4S/c1-10-4-3-5-11(2)13(10)15-8-6-12(14)7-9-15;1-5-6(2,3)4/h3-8H,9,14H2,1-2H3;1H3,(H,2,3,4). The van der Waals surface area contributed by atoms with Gasteiger partial charge in [0.15, 0.2) is 0 Å². The molecule has 1 aromatic rings. The van der Waals surface area contributed by atoms with Gasteiger partial charge in [0.1, 0.15) is 0 Å². The molecule has 0 atom stereocenters. The van der Waals surface area contributed by atoms with Gasteiger partial charge in [-0.25, -0.2) is 0 Å². The van der Waals surface area contributed by atoms with Crippen LogP contribution < -0.4 is 10.6 Å². The number of para-hydroxylation sites is 1. The van der Waals surface area contributed by atoms with Crippen LogP contribution in [0.25, 0.3) is 0 Å². The Hall–Kier alpha value is -1.83. The van der Waals surface area contributed by atoms with Crippen LogP contribution >= 0.6 is 0 Å². The average Bonchev–Trinajstić information content (AvgIpc) is 2.40. The van der Waals surface area contributed by atoms with Crippen LogP contribution in [0.1, 0.15) is 11.1 Å². The highest BCUT2D eigenvalue weighted by Crippen LogP contribution is 2.25. The van der Waals surface area contributed by atoms with E-state index in [0.29, 0.717) is 0 Å². The lowest BCUT2D eigenvalue weighted by molar-refractivity contribution is 0.324. The third kappa shape index (κ3) is 5.58. The number of benzene rings is 1. The van der Waals surface area contributed by atoms with Gasteiger partial charge in [0.2, 0.25) is 0 Å². The number of rotatable bonds is 2. The van der Waals surface area contributed by atoms with Crippen LogP contribution in [0.15, 0.2) is 42.2 Å². The summed E-state index contributed by atoms with van der Waals surface area (Å²) in [4.78, 5) is 2.22. The quantitative estimate of drug-likeness (QED) is 0.810. The van der Waals surface area contributed by atoms with Crippen LogP contribution in [0, 0.1) is 13.8 Å². The first-order valence-electron chi connectivity index (χ1n) is 6.24. The molecule has 1 heterocycles. The molecule has 1 aliphatic heterocycles. The molecule has 1 aromatic carbocycles. The molecule has 0 aliphatic carbocycles. The molecule has 1 aliphatic rings. The first-order valence-corrected chi connectivity index (χ1v) is 7.61. The van der Waals surface area contributed by atoms with Crippen molar-refractivity contribution in [3.8, 4) is 0 Å². The van der Waals surface area contributed by atoms with E-state index in [0.717, 1.165) is 19.4 Å². The lowest BCUT2D eigenvalue weighted by Gasteiger charge is -2.25. The Morgan fingerprint density at radius 2 is 1.81 bits per heavy atom. The molecule has 0 radical (unpaired) electrons. The van der Waals surface area contributed by atoms with E-state index in [2.05, 4.69) is 41.1 Å². The summed E-state index contributed by atoms with van der Waals surface area (Å²) < 4.78 is 29.7. The number of hydrogen-bond donors (Lipinski definition) is 2. The van der Waals surface area contributed by atoms with Crippen molar-refractivity contribution < 1.29 is 17.2 Å². The molecule has 0 fully saturated rings. The molecule has 0 amide bonds. The fraction of sp³-hybridized carbons (Fsp3) is 0.286. The molecule has 0 aromatic heterocycles. The van der Waals surface area contributed by atoms with Crippen molar-refractivity contribution in [1.82, 2.24) is 0 Å². The van der Waals surface area contributed by atoms with E-state index in [9.17, 15) is 8.42 Å². The zero-order valence-corrected chi connectivity index (χ0v) is 13.1. The second-order valence-electron chi connectivity index (χ2n) is 4.51. The van der Waals surface area contributed by atoms with Crippen molar-refractivity contribution in [3.63, 3.8) is 0 Å². The number of allylic oxidation sites excluding steroid dienone is 1. The van der Waals surface area contributed by atoms with E-state index in [1.807, 2.05) is 18.4 Å².